The van der Waals surface area contributed by atoms with Crippen LogP contribution in [-0.2, 0) is 10.0 Å². The first-order chi connectivity index (χ1) is 12.8. The van der Waals surface area contributed by atoms with Crippen LogP contribution in [0.5, 0.6) is 0 Å². The summed E-state index contributed by atoms with van der Waals surface area (Å²) in [5.41, 5.74) is 2.26. The summed E-state index contributed by atoms with van der Waals surface area (Å²) < 4.78 is 27.4. The summed E-state index contributed by atoms with van der Waals surface area (Å²) in [5, 5.41) is 0.326. The molecule has 0 radical (unpaired) electrons. The Morgan fingerprint density at radius 2 is 1.70 bits per heavy atom. The zero-order valence-electron chi connectivity index (χ0n) is 14.1. The lowest BCUT2D eigenvalue weighted by molar-refractivity contribution is 0.601. The molecule has 1 aromatic carbocycles. The van der Waals surface area contributed by atoms with E-state index in [9.17, 15) is 8.42 Å². The Bertz CT molecular complexity index is 1100. The molecular weight excluding hydrogens is 407 g/mol. The molecule has 138 valence electrons. The highest BCUT2D eigenvalue weighted by Crippen LogP contribution is 2.23. The van der Waals surface area contributed by atoms with Gasteiger partial charge in [-0.1, -0.05) is 35.9 Å². The first-order valence-corrected chi connectivity index (χ1v) is 10.00. The standard InChI is InChI=1S/C18H14Cl2N4O2S/c1-12-14(7-6-13-10-21-18(20)22-11-13)8-9-17(23-12)24-27(25,26)16-5-3-2-4-15(16)19/h2-11H,1H3,(H,23,24)/b7-6+. The highest BCUT2D eigenvalue weighted by molar-refractivity contribution is 7.92. The maximum Gasteiger partial charge on any atom is 0.264 e. The number of rotatable bonds is 5. The normalized spacial score (nSPS) is 11.7. The largest absolute Gasteiger partial charge is 0.264 e. The van der Waals surface area contributed by atoms with Crippen molar-refractivity contribution < 1.29 is 8.42 Å². The van der Waals surface area contributed by atoms with Crippen LogP contribution in [0.2, 0.25) is 10.3 Å². The van der Waals surface area contributed by atoms with Crippen LogP contribution in [0.1, 0.15) is 16.8 Å². The SMILES string of the molecule is Cc1nc(NS(=O)(=O)c2ccccc2Cl)ccc1/C=C/c1cnc(Cl)nc1. The predicted molar refractivity (Wildman–Crippen MR) is 107 cm³/mol. The first kappa shape index (κ1) is 19.3. The van der Waals surface area contributed by atoms with Crippen LogP contribution in [0.4, 0.5) is 5.82 Å². The molecule has 0 aliphatic carbocycles. The van der Waals surface area contributed by atoms with Crippen molar-refractivity contribution >= 4 is 51.2 Å². The van der Waals surface area contributed by atoms with E-state index in [1.54, 1.807) is 43.6 Å². The van der Waals surface area contributed by atoms with Crippen LogP contribution in [0.3, 0.4) is 0 Å². The lowest BCUT2D eigenvalue weighted by Crippen LogP contribution is -2.14. The molecule has 0 unspecified atom stereocenters. The third-order valence-electron chi connectivity index (χ3n) is 3.59. The van der Waals surface area contributed by atoms with Crippen molar-refractivity contribution in [1.82, 2.24) is 15.0 Å². The van der Waals surface area contributed by atoms with Gasteiger partial charge in [0.05, 0.1) is 5.02 Å². The molecule has 3 aromatic rings. The summed E-state index contributed by atoms with van der Waals surface area (Å²) in [4.78, 5) is 12.1. The van der Waals surface area contributed by atoms with Gasteiger partial charge in [0.2, 0.25) is 5.28 Å². The Kier molecular flexibility index (Phi) is 5.74. The Hall–Kier alpha value is -2.48. The topological polar surface area (TPSA) is 84.8 Å². The van der Waals surface area contributed by atoms with E-state index in [1.165, 1.54) is 12.1 Å². The lowest BCUT2D eigenvalue weighted by Gasteiger charge is -2.10. The van der Waals surface area contributed by atoms with E-state index in [4.69, 9.17) is 23.2 Å². The molecule has 0 amide bonds. The van der Waals surface area contributed by atoms with Crippen molar-refractivity contribution in [2.45, 2.75) is 11.8 Å². The van der Waals surface area contributed by atoms with Crippen molar-refractivity contribution in [2.75, 3.05) is 4.72 Å². The summed E-state index contributed by atoms with van der Waals surface area (Å²) in [7, 11) is -3.82. The van der Waals surface area contributed by atoms with E-state index in [-0.39, 0.29) is 21.0 Å². The quantitative estimate of drug-likeness (QED) is 0.615. The maximum atomic E-state index is 12.5. The van der Waals surface area contributed by atoms with E-state index >= 15 is 0 Å². The van der Waals surface area contributed by atoms with Crippen molar-refractivity contribution in [3.05, 3.63) is 75.9 Å². The number of hydrogen-bond acceptors (Lipinski definition) is 5. The fraction of sp³-hybridized carbons (Fsp3) is 0.0556. The average Bonchev–Trinajstić information content (AvgIpc) is 2.62. The Morgan fingerprint density at radius 3 is 2.37 bits per heavy atom. The minimum absolute atomic E-state index is 0.00201. The van der Waals surface area contributed by atoms with Gasteiger partial charge in [-0.3, -0.25) is 4.72 Å². The van der Waals surface area contributed by atoms with E-state index in [0.29, 0.717) is 5.69 Å². The molecule has 9 heteroatoms. The second kappa shape index (κ2) is 8.04. The number of hydrogen-bond donors (Lipinski definition) is 1. The zero-order chi connectivity index (χ0) is 19.4. The fourth-order valence-electron chi connectivity index (χ4n) is 2.25. The van der Waals surface area contributed by atoms with Gasteiger partial charge in [0.15, 0.2) is 0 Å². The first-order valence-electron chi connectivity index (χ1n) is 7.76. The highest BCUT2D eigenvalue weighted by atomic mass is 35.5. The summed E-state index contributed by atoms with van der Waals surface area (Å²) in [6.45, 7) is 1.78. The molecule has 27 heavy (non-hydrogen) atoms. The fourth-order valence-corrected chi connectivity index (χ4v) is 3.87. The summed E-state index contributed by atoms with van der Waals surface area (Å²) >= 11 is 11.6. The van der Waals surface area contributed by atoms with Crippen molar-refractivity contribution in [2.24, 2.45) is 0 Å². The van der Waals surface area contributed by atoms with Gasteiger partial charge in [-0.25, -0.2) is 23.4 Å². The third kappa shape index (κ3) is 4.82. The molecule has 6 nitrogen and oxygen atoms in total. The summed E-state index contributed by atoms with van der Waals surface area (Å²) in [6, 6.07) is 9.57. The molecule has 2 aromatic heterocycles. The Morgan fingerprint density at radius 1 is 1.00 bits per heavy atom. The molecule has 0 saturated heterocycles. The molecule has 0 spiro atoms. The smallest absolute Gasteiger partial charge is 0.263 e. The van der Waals surface area contributed by atoms with E-state index < -0.39 is 10.0 Å². The summed E-state index contributed by atoms with van der Waals surface area (Å²) in [6.07, 6.45) is 6.84. The van der Waals surface area contributed by atoms with Gasteiger partial charge in [-0.05, 0) is 48.4 Å². The van der Waals surface area contributed by atoms with Crippen LogP contribution in [-0.4, -0.2) is 23.4 Å². The number of halogens is 2. The van der Waals surface area contributed by atoms with Crippen molar-refractivity contribution in [1.29, 1.82) is 0 Å². The highest BCUT2D eigenvalue weighted by Gasteiger charge is 2.18. The molecule has 3 rings (SSSR count). The Labute approximate surface area is 167 Å². The molecule has 0 aliphatic heterocycles. The predicted octanol–water partition coefficient (Wildman–Crippen LogP) is 4.46. The second-order valence-electron chi connectivity index (χ2n) is 5.53. The van der Waals surface area contributed by atoms with E-state index in [2.05, 4.69) is 19.7 Å². The number of benzene rings is 1. The molecule has 0 saturated carbocycles. The number of nitrogens with zero attached hydrogens (tertiary/aromatic N) is 3. The minimum Gasteiger partial charge on any atom is -0.263 e. The molecule has 1 N–H and O–H groups in total. The summed E-state index contributed by atoms with van der Waals surface area (Å²) in [5.74, 6) is 0.208. The van der Waals surface area contributed by atoms with Gasteiger partial charge < -0.3 is 0 Å². The minimum atomic E-state index is -3.82. The number of sulfonamides is 1. The van der Waals surface area contributed by atoms with Gasteiger partial charge >= 0.3 is 0 Å². The van der Waals surface area contributed by atoms with Crippen molar-refractivity contribution in [3.8, 4) is 0 Å². The molecular formula is C18H14Cl2N4O2S. The monoisotopic (exact) mass is 420 g/mol. The third-order valence-corrected chi connectivity index (χ3v) is 5.64. The van der Waals surface area contributed by atoms with Crippen LogP contribution < -0.4 is 4.72 Å². The van der Waals surface area contributed by atoms with Crippen LogP contribution >= 0.6 is 23.2 Å². The number of aromatic nitrogens is 3. The van der Waals surface area contributed by atoms with Gasteiger partial charge in [-0.15, -0.1) is 0 Å². The molecule has 0 atom stereocenters. The number of anilines is 1. The van der Waals surface area contributed by atoms with E-state index in [1.807, 2.05) is 12.2 Å². The van der Waals surface area contributed by atoms with Crippen LogP contribution in [0.15, 0.2) is 53.7 Å². The number of aryl methyl sites for hydroxylation is 1. The Balaban J connectivity index is 1.80. The van der Waals surface area contributed by atoms with Crippen LogP contribution in [0.25, 0.3) is 12.2 Å². The molecule has 0 bridgehead atoms. The van der Waals surface area contributed by atoms with Gasteiger partial charge in [0.1, 0.15) is 10.7 Å². The maximum absolute atomic E-state index is 12.5. The molecule has 0 fully saturated rings. The van der Waals surface area contributed by atoms with Crippen LogP contribution in [0, 0.1) is 6.92 Å². The van der Waals surface area contributed by atoms with Gasteiger partial charge in [0.25, 0.3) is 10.0 Å². The molecule has 2 heterocycles. The van der Waals surface area contributed by atoms with Gasteiger partial charge in [-0.2, -0.15) is 0 Å². The number of nitrogens with one attached hydrogen (secondary N) is 1. The van der Waals surface area contributed by atoms with E-state index in [0.717, 1.165) is 11.1 Å². The van der Waals surface area contributed by atoms with Crippen molar-refractivity contribution in [3.63, 3.8) is 0 Å². The zero-order valence-corrected chi connectivity index (χ0v) is 16.4. The second-order valence-corrected chi connectivity index (χ2v) is 7.92. The lowest BCUT2D eigenvalue weighted by atomic mass is 10.1. The average molecular weight is 421 g/mol. The number of pyridine rings is 1. The molecule has 0 aliphatic rings. The van der Waals surface area contributed by atoms with Gasteiger partial charge in [0, 0.05) is 23.7 Å².